The van der Waals surface area contributed by atoms with Gasteiger partial charge in [0.15, 0.2) is 17.3 Å². The lowest BCUT2D eigenvalue weighted by Gasteiger charge is -1.95. The molecule has 0 aliphatic rings. The number of carbonyl (C=O) groups excluding carboxylic acids is 1. The van der Waals surface area contributed by atoms with Crippen molar-refractivity contribution >= 4 is 12.4 Å². The van der Waals surface area contributed by atoms with Crippen molar-refractivity contribution in [2.75, 3.05) is 0 Å². The Morgan fingerprint density at radius 2 is 2.07 bits per heavy atom. The van der Waals surface area contributed by atoms with Gasteiger partial charge in [0.05, 0.1) is 0 Å². The fourth-order valence-electron chi connectivity index (χ4n) is 0.592. The van der Waals surface area contributed by atoms with Crippen LogP contribution in [0.25, 0.3) is 0 Å². The second-order valence-electron chi connectivity index (χ2n) is 1.93. The lowest BCUT2D eigenvalue weighted by Crippen LogP contribution is -2.15. The van der Waals surface area contributed by atoms with E-state index in [2.05, 4.69) is 10.7 Å². The summed E-state index contributed by atoms with van der Waals surface area (Å²) >= 11 is 0. The Bertz CT molecular complexity index is 344. The molecule has 0 saturated heterocycles. The number of nitrogens with two attached hydrogens (primary N) is 1. The number of hydrogen-bond donors (Lipinski definition) is 2. The molecule has 7 heteroatoms. The van der Waals surface area contributed by atoms with Crippen molar-refractivity contribution in [1.29, 1.82) is 0 Å². The third kappa shape index (κ3) is 3.13. The van der Waals surface area contributed by atoms with Crippen molar-refractivity contribution in [3.8, 4) is 0 Å². The molecule has 0 spiro atoms. The molecule has 0 radical (unpaired) electrons. The van der Waals surface area contributed by atoms with Crippen LogP contribution in [-0.2, 0) is 4.79 Å². The lowest BCUT2D eigenvalue weighted by atomic mass is 10.3. The van der Waals surface area contributed by atoms with Crippen LogP contribution in [0.4, 0.5) is 8.78 Å². The van der Waals surface area contributed by atoms with Crippen LogP contribution < -0.4 is 5.73 Å². The standard InChI is InChI=1S/C6H4F2N2O.CH2O2/c7-3-1-2-10-5(4(3)8)6(9)11;2-1-3/h1-2H,(H2,9,11);1H,(H,2,3). The Hall–Kier alpha value is -2.05. The molecule has 0 atom stereocenters. The van der Waals surface area contributed by atoms with Gasteiger partial charge >= 0.3 is 0 Å². The SMILES string of the molecule is NC(=O)c1nccc(F)c1F.O=CO. The molecule has 1 aromatic heterocycles. The maximum absolute atomic E-state index is 12.5. The smallest absolute Gasteiger partial charge is 0.290 e. The minimum atomic E-state index is -1.31. The summed E-state index contributed by atoms with van der Waals surface area (Å²) in [5, 5.41) is 6.89. The van der Waals surface area contributed by atoms with Crippen molar-refractivity contribution in [3.63, 3.8) is 0 Å². The summed E-state index contributed by atoms with van der Waals surface area (Å²) < 4.78 is 24.8. The first kappa shape index (κ1) is 11.9. The Morgan fingerprint density at radius 3 is 2.43 bits per heavy atom. The van der Waals surface area contributed by atoms with Crippen LogP contribution in [0.1, 0.15) is 10.5 Å². The quantitative estimate of drug-likeness (QED) is 0.637. The fraction of sp³-hybridized carbons (Fsp3) is 0. The number of carbonyl (C=O) groups is 2. The Labute approximate surface area is 77.2 Å². The van der Waals surface area contributed by atoms with Crippen LogP contribution in [0.3, 0.4) is 0 Å². The van der Waals surface area contributed by atoms with E-state index in [0.717, 1.165) is 12.3 Å². The molecule has 0 bridgehead atoms. The molecular weight excluding hydrogens is 198 g/mol. The van der Waals surface area contributed by atoms with Crippen LogP contribution in [0, 0.1) is 11.6 Å². The highest BCUT2D eigenvalue weighted by Gasteiger charge is 2.12. The minimum Gasteiger partial charge on any atom is -0.483 e. The normalized spacial score (nSPS) is 8.43. The van der Waals surface area contributed by atoms with E-state index in [-0.39, 0.29) is 6.47 Å². The molecule has 0 fully saturated rings. The molecular formula is C7H6F2N2O3. The minimum absolute atomic E-state index is 0.250. The van der Waals surface area contributed by atoms with Gasteiger partial charge in [0.1, 0.15) is 0 Å². The molecule has 76 valence electrons. The van der Waals surface area contributed by atoms with Gasteiger partial charge in [-0.2, -0.15) is 0 Å². The van der Waals surface area contributed by atoms with E-state index < -0.39 is 23.2 Å². The Morgan fingerprint density at radius 1 is 1.57 bits per heavy atom. The van der Waals surface area contributed by atoms with Crippen LogP contribution in [0.2, 0.25) is 0 Å². The molecule has 3 N–H and O–H groups in total. The zero-order valence-corrected chi connectivity index (χ0v) is 6.78. The highest BCUT2D eigenvalue weighted by Crippen LogP contribution is 2.06. The summed E-state index contributed by atoms with van der Waals surface area (Å²) in [5.74, 6) is -3.52. The number of aromatic nitrogens is 1. The zero-order chi connectivity index (χ0) is 11.1. The van der Waals surface area contributed by atoms with E-state index in [0.29, 0.717) is 0 Å². The van der Waals surface area contributed by atoms with Gasteiger partial charge in [-0.15, -0.1) is 0 Å². The van der Waals surface area contributed by atoms with E-state index in [1.807, 2.05) is 0 Å². The third-order valence-electron chi connectivity index (χ3n) is 1.08. The monoisotopic (exact) mass is 204 g/mol. The van der Waals surface area contributed by atoms with Crippen molar-refractivity contribution < 1.29 is 23.5 Å². The van der Waals surface area contributed by atoms with Gasteiger partial charge in [-0.25, -0.2) is 13.8 Å². The topological polar surface area (TPSA) is 93.3 Å². The van der Waals surface area contributed by atoms with E-state index in [4.69, 9.17) is 9.90 Å². The van der Waals surface area contributed by atoms with Gasteiger partial charge in [-0.3, -0.25) is 9.59 Å². The van der Waals surface area contributed by atoms with E-state index >= 15 is 0 Å². The van der Waals surface area contributed by atoms with Crippen molar-refractivity contribution in [3.05, 3.63) is 29.6 Å². The predicted octanol–water partition coefficient (Wildman–Crippen LogP) is 0.159. The van der Waals surface area contributed by atoms with Gasteiger partial charge in [0, 0.05) is 6.20 Å². The summed E-state index contributed by atoms with van der Waals surface area (Å²) in [6.07, 6.45) is 0.971. The van der Waals surface area contributed by atoms with Gasteiger partial charge in [0.2, 0.25) is 0 Å². The second-order valence-corrected chi connectivity index (χ2v) is 1.93. The summed E-state index contributed by atoms with van der Waals surface area (Å²) in [5.41, 5.74) is 4.00. The number of hydrogen-bond acceptors (Lipinski definition) is 3. The number of pyridine rings is 1. The first-order valence-corrected chi connectivity index (χ1v) is 3.22. The molecule has 1 aromatic rings. The van der Waals surface area contributed by atoms with Gasteiger partial charge in [0.25, 0.3) is 12.4 Å². The number of nitrogens with zero attached hydrogens (tertiary/aromatic N) is 1. The zero-order valence-electron chi connectivity index (χ0n) is 6.78. The van der Waals surface area contributed by atoms with Crippen molar-refractivity contribution in [2.24, 2.45) is 5.73 Å². The Kier molecular flexibility index (Phi) is 4.76. The van der Waals surface area contributed by atoms with Gasteiger partial charge in [-0.05, 0) is 6.07 Å². The predicted molar refractivity (Wildman–Crippen MR) is 41.4 cm³/mol. The molecule has 0 unspecified atom stereocenters. The number of halogens is 2. The fourth-order valence-corrected chi connectivity index (χ4v) is 0.592. The average molecular weight is 204 g/mol. The second kappa shape index (κ2) is 5.57. The molecule has 14 heavy (non-hydrogen) atoms. The van der Waals surface area contributed by atoms with Crippen LogP contribution in [0.5, 0.6) is 0 Å². The van der Waals surface area contributed by atoms with Crippen LogP contribution in [0.15, 0.2) is 12.3 Å². The molecule has 5 nitrogen and oxygen atoms in total. The van der Waals surface area contributed by atoms with E-state index in [1.54, 1.807) is 0 Å². The van der Waals surface area contributed by atoms with Gasteiger partial charge < -0.3 is 10.8 Å². The number of amides is 1. The molecule has 0 aromatic carbocycles. The molecule has 1 amide bonds. The molecule has 1 heterocycles. The molecule has 0 aliphatic carbocycles. The summed E-state index contributed by atoms with van der Waals surface area (Å²) in [7, 11) is 0. The summed E-state index contributed by atoms with van der Waals surface area (Å²) in [6.45, 7) is -0.250. The van der Waals surface area contributed by atoms with E-state index in [1.165, 1.54) is 0 Å². The number of primary amides is 1. The first-order valence-electron chi connectivity index (χ1n) is 3.22. The highest BCUT2D eigenvalue weighted by atomic mass is 19.2. The number of carboxylic acid groups (broad SMARTS) is 1. The largest absolute Gasteiger partial charge is 0.483 e. The molecule has 0 aliphatic heterocycles. The lowest BCUT2D eigenvalue weighted by molar-refractivity contribution is -0.122. The average Bonchev–Trinajstić information content (AvgIpc) is 2.10. The van der Waals surface area contributed by atoms with Crippen molar-refractivity contribution in [2.45, 2.75) is 0 Å². The number of rotatable bonds is 1. The molecule has 1 rings (SSSR count). The van der Waals surface area contributed by atoms with Crippen molar-refractivity contribution in [1.82, 2.24) is 4.98 Å². The van der Waals surface area contributed by atoms with E-state index in [9.17, 15) is 13.6 Å². The highest BCUT2D eigenvalue weighted by molar-refractivity contribution is 5.90. The van der Waals surface area contributed by atoms with Gasteiger partial charge in [-0.1, -0.05) is 0 Å². The third-order valence-corrected chi connectivity index (χ3v) is 1.08. The Balaban J connectivity index is 0.000000500. The molecule has 0 saturated carbocycles. The first-order chi connectivity index (χ1) is 6.54. The summed E-state index contributed by atoms with van der Waals surface area (Å²) in [4.78, 5) is 21.9. The van der Waals surface area contributed by atoms with Crippen LogP contribution in [-0.4, -0.2) is 22.5 Å². The maximum atomic E-state index is 12.5. The summed E-state index contributed by atoms with van der Waals surface area (Å²) in [6, 6.07) is 0.807. The van der Waals surface area contributed by atoms with Crippen LogP contribution >= 0.6 is 0 Å². The maximum Gasteiger partial charge on any atom is 0.290 e.